The summed E-state index contributed by atoms with van der Waals surface area (Å²) in [5.74, 6) is 1.09. The zero-order valence-corrected chi connectivity index (χ0v) is 17.1. The van der Waals surface area contributed by atoms with Crippen LogP contribution in [0.2, 0.25) is 0 Å². The van der Waals surface area contributed by atoms with Crippen LogP contribution in [0.15, 0.2) is 10.1 Å². The van der Waals surface area contributed by atoms with Gasteiger partial charge in [0.1, 0.15) is 5.60 Å². The number of hydrogen-bond donors (Lipinski definition) is 1. The SMILES string of the molecule is CC(C)(C)OC(=O)CC1CCC(N[C@H]2C[C@@H]2c2cnc(Br)s2)CC1. The quantitative estimate of drug-likeness (QED) is 0.712. The summed E-state index contributed by atoms with van der Waals surface area (Å²) >= 11 is 5.19. The van der Waals surface area contributed by atoms with Gasteiger partial charge in [0.15, 0.2) is 3.92 Å². The van der Waals surface area contributed by atoms with Gasteiger partial charge in [-0.05, 0) is 74.7 Å². The molecule has 2 aliphatic rings. The van der Waals surface area contributed by atoms with Gasteiger partial charge in [-0.2, -0.15) is 0 Å². The molecule has 1 N–H and O–H groups in total. The van der Waals surface area contributed by atoms with Crippen molar-refractivity contribution in [1.29, 1.82) is 0 Å². The molecular weight excluding hydrogens is 388 g/mol. The number of nitrogens with one attached hydrogen (secondary N) is 1. The van der Waals surface area contributed by atoms with Crippen LogP contribution in [0.5, 0.6) is 0 Å². The maximum absolute atomic E-state index is 12.0. The fourth-order valence-electron chi connectivity index (χ4n) is 3.58. The number of halogens is 1. The Morgan fingerprint density at radius 1 is 1.38 bits per heavy atom. The molecule has 24 heavy (non-hydrogen) atoms. The maximum Gasteiger partial charge on any atom is 0.306 e. The minimum Gasteiger partial charge on any atom is -0.460 e. The van der Waals surface area contributed by atoms with Crippen molar-refractivity contribution in [3.05, 3.63) is 15.0 Å². The third kappa shape index (κ3) is 5.27. The summed E-state index contributed by atoms with van der Waals surface area (Å²) in [6.45, 7) is 5.79. The van der Waals surface area contributed by atoms with E-state index in [2.05, 4.69) is 26.2 Å². The Bertz CT molecular complexity index is 576. The van der Waals surface area contributed by atoms with Crippen molar-refractivity contribution < 1.29 is 9.53 Å². The molecule has 6 heteroatoms. The number of carbonyl (C=O) groups excluding carboxylic acids is 1. The summed E-state index contributed by atoms with van der Waals surface area (Å²) < 4.78 is 6.42. The molecule has 2 saturated carbocycles. The van der Waals surface area contributed by atoms with Crippen molar-refractivity contribution in [2.75, 3.05) is 0 Å². The number of aromatic nitrogens is 1. The number of thiazole rings is 1. The van der Waals surface area contributed by atoms with Crippen LogP contribution in [-0.4, -0.2) is 28.6 Å². The van der Waals surface area contributed by atoms with Crippen LogP contribution < -0.4 is 5.32 Å². The van der Waals surface area contributed by atoms with Gasteiger partial charge in [0.05, 0.1) is 0 Å². The van der Waals surface area contributed by atoms with Crippen LogP contribution >= 0.6 is 27.3 Å². The molecule has 0 unspecified atom stereocenters. The highest BCUT2D eigenvalue weighted by Gasteiger charge is 2.41. The highest BCUT2D eigenvalue weighted by atomic mass is 79.9. The van der Waals surface area contributed by atoms with E-state index in [1.807, 2.05) is 27.0 Å². The Balaban J connectivity index is 1.36. The van der Waals surface area contributed by atoms with Gasteiger partial charge in [0.25, 0.3) is 0 Å². The molecule has 0 bridgehead atoms. The summed E-state index contributed by atoms with van der Waals surface area (Å²) in [6.07, 6.45) is 8.39. The van der Waals surface area contributed by atoms with Gasteiger partial charge in [-0.25, -0.2) is 4.98 Å². The second-order valence-electron chi connectivity index (χ2n) is 8.14. The Labute approximate surface area is 156 Å². The minimum atomic E-state index is -0.373. The molecule has 0 saturated heterocycles. The topological polar surface area (TPSA) is 51.2 Å². The summed E-state index contributed by atoms with van der Waals surface area (Å²) in [6, 6.07) is 1.22. The lowest BCUT2D eigenvalue weighted by Crippen LogP contribution is -2.36. The first-order valence-electron chi connectivity index (χ1n) is 8.89. The lowest BCUT2D eigenvalue weighted by atomic mass is 9.84. The number of carbonyl (C=O) groups is 1. The van der Waals surface area contributed by atoms with Gasteiger partial charge >= 0.3 is 5.97 Å². The summed E-state index contributed by atoms with van der Waals surface area (Å²) in [5.41, 5.74) is -0.373. The predicted molar refractivity (Wildman–Crippen MR) is 100 cm³/mol. The molecule has 4 nitrogen and oxygen atoms in total. The summed E-state index contributed by atoms with van der Waals surface area (Å²) in [5, 5.41) is 3.81. The summed E-state index contributed by atoms with van der Waals surface area (Å²) in [7, 11) is 0. The monoisotopic (exact) mass is 414 g/mol. The van der Waals surface area contributed by atoms with Gasteiger partial charge in [0.2, 0.25) is 0 Å². The molecule has 1 heterocycles. The van der Waals surface area contributed by atoms with Crippen molar-refractivity contribution in [2.45, 2.75) is 82.9 Å². The first kappa shape index (κ1) is 18.3. The van der Waals surface area contributed by atoms with E-state index in [0.717, 1.165) is 16.8 Å². The predicted octanol–water partition coefficient (Wildman–Crippen LogP) is 4.64. The molecule has 134 valence electrons. The van der Waals surface area contributed by atoms with E-state index < -0.39 is 0 Å². The van der Waals surface area contributed by atoms with Crippen molar-refractivity contribution in [1.82, 2.24) is 10.3 Å². The Morgan fingerprint density at radius 2 is 2.08 bits per heavy atom. The molecule has 0 aromatic carbocycles. The molecule has 1 aromatic rings. The molecule has 2 fully saturated rings. The standard InChI is InChI=1S/C18H27BrN2O2S/c1-18(2,3)23-16(22)8-11-4-6-12(7-5-11)21-14-9-13(14)15-10-20-17(19)24-15/h10-14,21H,4-9H2,1-3H3/t11?,12?,13-,14-/m0/s1. The fraction of sp³-hybridized carbons (Fsp3) is 0.778. The Morgan fingerprint density at radius 3 is 2.67 bits per heavy atom. The molecule has 1 aromatic heterocycles. The number of ether oxygens (including phenoxy) is 1. The van der Waals surface area contributed by atoms with E-state index >= 15 is 0 Å². The second-order valence-corrected chi connectivity index (χ2v) is 10.5. The van der Waals surface area contributed by atoms with Crippen LogP contribution in [0.4, 0.5) is 0 Å². The second kappa shape index (κ2) is 7.42. The summed E-state index contributed by atoms with van der Waals surface area (Å²) in [4.78, 5) is 17.6. The molecule has 0 amide bonds. The molecule has 2 aliphatic carbocycles. The number of nitrogens with zero attached hydrogens (tertiary/aromatic N) is 1. The van der Waals surface area contributed by atoms with Crippen LogP contribution in [0.1, 0.15) is 70.1 Å². The number of rotatable bonds is 5. The molecular formula is C18H27BrN2O2S. The average Bonchev–Trinajstić information content (AvgIpc) is 3.10. The van der Waals surface area contributed by atoms with Gasteiger partial charge in [-0.15, -0.1) is 11.3 Å². The van der Waals surface area contributed by atoms with Gasteiger partial charge in [-0.3, -0.25) is 4.79 Å². The third-order valence-corrected chi connectivity index (χ3v) is 6.43. The van der Waals surface area contributed by atoms with E-state index in [9.17, 15) is 4.79 Å². The lowest BCUT2D eigenvalue weighted by molar-refractivity contribution is -0.156. The van der Waals surface area contributed by atoms with Crippen LogP contribution in [-0.2, 0) is 9.53 Å². The Hall–Kier alpha value is -0.460. The zero-order valence-electron chi connectivity index (χ0n) is 14.7. The van der Waals surface area contributed by atoms with Crippen molar-refractivity contribution >= 4 is 33.2 Å². The van der Waals surface area contributed by atoms with E-state index in [0.29, 0.717) is 30.3 Å². The van der Waals surface area contributed by atoms with E-state index in [1.54, 1.807) is 11.3 Å². The first-order chi connectivity index (χ1) is 11.3. The zero-order chi connectivity index (χ0) is 17.3. The highest BCUT2D eigenvalue weighted by Crippen LogP contribution is 2.44. The first-order valence-corrected chi connectivity index (χ1v) is 10.5. The number of esters is 1. The molecule has 0 spiro atoms. The van der Waals surface area contributed by atoms with Crippen LogP contribution in [0, 0.1) is 5.92 Å². The van der Waals surface area contributed by atoms with Crippen molar-refractivity contribution in [2.24, 2.45) is 5.92 Å². The molecule has 3 rings (SSSR count). The molecule has 2 atom stereocenters. The Kier molecular flexibility index (Phi) is 5.67. The molecule has 0 radical (unpaired) electrons. The molecule has 0 aliphatic heterocycles. The van der Waals surface area contributed by atoms with Crippen LogP contribution in [0.25, 0.3) is 0 Å². The smallest absolute Gasteiger partial charge is 0.306 e. The largest absolute Gasteiger partial charge is 0.460 e. The van der Waals surface area contributed by atoms with Gasteiger partial charge < -0.3 is 10.1 Å². The average molecular weight is 415 g/mol. The van der Waals surface area contributed by atoms with Crippen molar-refractivity contribution in [3.8, 4) is 0 Å². The lowest BCUT2D eigenvalue weighted by Gasteiger charge is -2.29. The van der Waals surface area contributed by atoms with E-state index in [-0.39, 0.29) is 11.6 Å². The van der Waals surface area contributed by atoms with Crippen molar-refractivity contribution in [3.63, 3.8) is 0 Å². The fourth-order valence-corrected chi connectivity index (χ4v) is 5.06. The van der Waals surface area contributed by atoms with Crippen LogP contribution in [0.3, 0.4) is 0 Å². The normalized spacial score (nSPS) is 30.2. The minimum absolute atomic E-state index is 0.0445. The maximum atomic E-state index is 12.0. The van der Waals surface area contributed by atoms with E-state index in [1.165, 1.54) is 24.1 Å². The van der Waals surface area contributed by atoms with E-state index in [4.69, 9.17) is 4.74 Å². The third-order valence-electron chi connectivity index (χ3n) is 4.82. The van der Waals surface area contributed by atoms with Gasteiger partial charge in [-0.1, -0.05) is 0 Å². The number of hydrogen-bond acceptors (Lipinski definition) is 5. The van der Waals surface area contributed by atoms with Gasteiger partial charge in [0, 0.05) is 35.5 Å². The highest BCUT2D eigenvalue weighted by molar-refractivity contribution is 9.11.